The number of ether oxygens (including phenoxy) is 1. The lowest BCUT2D eigenvalue weighted by molar-refractivity contribution is 0.0625. The molecule has 0 aliphatic carbocycles. The van der Waals surface area contributed by atoms with Gasteiger partial charge < -0.3 is 14.2 Å². The molecule has 1 saturated heterocycles. The average Bonchev–Trinajstić information content (AvgIpc) is 3.07. The number of hydrogen-bond donors (Lipinski definition) is 0. The minimum atomic E-state index is -0.307. The Morgan fingerprint density at radius 2 is 1.96 bits per heavy atom. The Balaban J connectivity index is 1.53. The highest BCUT2D eigenvalue weighted by molar-refractivity contribution is 5.94. The minimum absolute atomic E-state index is 0.0101. The highest BCUT2D eigenvalue weighted by Crippen LogP contribution is 2.17. The Hall–Kier alpha value is -2.41. The van der Waals surface area contributed by atoms with Gasteiger partial charge in [0.1, 0.15) is 11.9 Å². The van der Waals surface area contributed by atoms with Crippen molar-refractivity contribution in [1.82, 2.24) is 19.9 Å². The summed E-state index contributed by atoms with van der Waals surface area (Å²) in [6.45, 7) is 9.66. The van der Waals surface area contributed by atoms with E-state index in [0.717, 1.165) is 25.3 Å². The molecule has 1 amide bonds. The van der Waals surface area contributed by atoms with Crippen LogP contribution in [0.1, 0.15) is 36.8 Å². The molecule has 1 fully saturated rings. The molecule has 7 nitrogen and oxygen atoms in total. The molecule has 0 radical (unpaired) electrons. The zero-order valence-electron chi connectivity index (χ0n) is 14.9. The maximum Gasteiger partial charge on any atom is 0.255 e. The van der Waals surface area contributed by atoms with Gasteiger partial charge in [0.05, 0.1) is 11.3 Å². The standard InChI is InChI=1S/C18H24N4O3/c1-18(2,3)25-16-5-4-14(12-19-16)17(23)22-9-7-21(8-10-22)13-15-6-11-24-20-15/h4-6,11-12H,7-10,13H2,1-3H3. The summed E-state index contributed by atoms with van der Waals surface area (Å²) in [5, 5.41) is 3.93. The van der Waals surface area contributed by atoms with Gasteiger partial charge in [-0.15, -0.1) is 0 Å². The van der Waals surface area contributed by atoms with E-state index in [1.165, 1.54) is 0 Å². The number of nitrogens with zero attached hydrogens (tertiary/aromatic N) is 4. The first-order chi connectivity index (χ1) is 11.9. The van der Waals surface area contributed by atoms with Crippen LogP contribution in [0.25, 0.3) is 0 Å². The summed E-state index contributed by atoms with van der Waals surface area (Å²) in [6, 6.07) is 5.39. The van der Waals surface area contributed by atoms with E-state index in [9.17, 15) is 4.79 Å². The van der Waals surface area contributed by atoms with Gasteiger partial charge in [0.15, 0.2) is 0 Å². The van der Waals surface area contributed by atoms with Gasteiger partial charge in [-0.2, -0.15) is 0 Å². The molecule has 2 aromatic heterocycles. The van der Waals surface area contributed by atoms with Gasteiger partial charge in [-0.25, -0.2) is 4.98 Å². The molecule has 3 heterocycles. The van der Waals surface area contributed by atoms with Crippen LogP contribution in [0.15, 0.2) is 35.2 Å². The maximum absolute atomic E-state index is 12.6. The average molecular weight is 344 g/mol. The predicted molar refractivity (Wildman–Crippen MR) is 92.3 cm³/mol. The van der Waals surface area contributed by atoms with E-state index >= 15 is 0 Å². The third kappa shape index (κ3) is 4.79. The van der Waals surface area contributed by atoms with Crippen LogP contribution in [0.2, 0.25) is 0 Å². The summed E-state index contributed by atoms with van der Waals surface area (Å²) in [5.74, 6) is 0.539. The van der Waals surface area contributed by atoms with Gasteiger partial charge in [-0.3, -0.25) is 9.69 Å². The number of carbonyl (C=O) groups excluding carboxylic acids is 1. The molecule has 134 valence electrons. The van der Waals surface area contributed by atoms with E-state index in [1.54, 1.807) is 24.6 Å². The molecular formula is C18H24N4O3. The van der Waals surface area contributed by atoms with Crippen molar-refractivity contribution in [3.63, 3.8) is 0 Å². The maximum atomic E-state index is 12.6. The Labute approximate surface area is 147 Å². The van der Waals surface area contributed by atoms with Gasteiger partial charge in [0, 0.05) is 51.1 Å². The summed E-state index contributed by atoms with van der Waals surface area (Å²) in [5.41, 5.74) is 1.20. The third-order valence-electron chi connectivity index (χ3n) is 3.93. The molecule has 0 unspecified atom stereocenters. The number of rotatable bonds is 4. The molecule has 0 saturated carbocycles. The summed E-state index contributed by atoms with van der Waals surface area (Å²) in [6.07, 6.45) is 3.17. The topological polar surface area (TPSA) is 71.7 Å². The predicted octanol–water partition coefficient (Wildman–Crippen LogP) is 2.20. The van der Waals surface area contributed by atoms with Crippen LogP contribution in [-0.4, -0.2) is 57.6 Å². The molecule has 2 aromatic rings. The summed E-state index contributed by atoms with van der Waals surface area (Å²) < 4.78 is 10.5. The van der Waals surface area contributed by atoms with Crippen LogP contribution in [0.4, 0.5) is 0 Å². The van der Waals surface area contributed by atoms with Crippen LogP contribution in [0.3, 0.4) is 0 Å². The second-order valence-electron chi connectivity index (χ2n) is 7.16. The van der Waals surface area contributed by atoms with Crippen molar-refractivity contribution >= 4 is 5.91 Å². The smallest absolute Gasteiger partial charge is 0.255 e. The zero-order chi connectivity index (χ0) is 17.9. The van der Waals surface area contributed by atoms with Gasteiger partial charge in [-0.1, -0.05) is 5.16 Å². The lowest BCUT2D eigenvalue weighted by Gasteiger charge is -2.34. The van der Waals surface area contributed by atoms with Crippen molar-refractivity contribution in [3.05, 3.63) is 41.9 Å². The van der Waals surface area contributed by atoms with Gasteiger partial charge in [0.25, 0.3) is 5.91 Å². The van der Waals surface area contributed by atoms with E-state index in [1.807, 2.05) is 31.7 Å². The molecule has 1 aliphatic heterocycles. The number of carbonyl (C=O) groups is 1. The first kappa shape index (κ1) is 17.4. The normalized spacial score (nSPS) is 16.0. The fraction of sp³-hybridized carbons (Fsp3) is 0.500. The van der Waals surface area contributed by atoms with Crippen LogP contribution >= 0.6 is 0 Å². The molecule has 0 bridgehead atoms. The first-order valence-corrected chi connectivity index (χ1v) is 8.47. The first-order valence-electron chi connectivity index (χ1n) is 8.47. The molecule has 0 N–H and O–H groups in total. The zero-order valence-corrected chi connectivity index (χ0v) is 14.9. The second-order valence-corrected chi connectivity index (χ2v) is 7.16. The van der Waals surface area contributed by atoms with Gasteiger partial charge in [-0.05, 0) is 26.8 Å². The lowest BCUT2D eigenvalue weighted by Crippen LogP contribution is -2.48. The summed E-state index contributed by atoms with van der Waals surface area (Å²) in [4.78, 5) is 21.0. The Morgan fingerprint density at radius 1 is 1.20 bits per heavy atom. The Bertz CT molecular complexity index is 684. The van der Waals surface area contributed by atoms with Crippen molar-refractivity contribution in [2.45, 2.75) is 32.9 Å². The van der Waals surface area contributed by atoms with Crippen molar-refractivity contribution in [2.75, 3.05) is 26.2 Å². The van der Waals surface area contributed by atoms with Crippen molar-refractivity contribution in [3.8, 4) is 5.88 Å². The molecule has 25 heavy (non-hydrogen) atoms. The second kappa shape index (κ2) is 7.23. The molecular weight excluding hydrogens is 320 g/mol. The molecule has 7 heteroatoms. The number of pyridine rings is 1. The largest absolute Gasteiger partial charge is 0.472 e. The van der Waals surface area contributed by atoms with Crippen LogP contribution in [0, 0.1) is 0 Å². The fourth-order valence-electron chi connectivity index (χ4n) is 2.72. The van der Waals surface area contributed by atoms with E-state index < -0.39 is 0 Å². The van der Waals surface area contributed by atoms with Crippen LogP contribution in [0.5, 0.6) is 5.88 Å². The highest BCUT2D eigenvalue weighted by atomic mass is 16.5. The van der Waals surface area contributed by atoms with Crippen LogP contribution in [-0.2, 0) is 6.54 Å². The van der Waals surface area contributed by atoms with Gasteiger partial charge >= 0.3 is 0 Å². The van der Waals surface area contributed by atoms with Crippen molar-refractivity contribution < 1.29 is 14.1 Å². The van der Waals surface area contributed by atoms with Crippen molar-refractivity contribution in [1.29, 1.82) is 0 Å². The number of hydrogen-bond acceptors (Lipinski definition) is 6. The fourth-order valence-corrected chi connectivity index (χ4v) is 2.72. The van der Waals surface area contributed by atoms with Gasteiger partial charge in [0.2, 0.25) is 5.88 Å². The monoisotopic (exact) mass is 344 g/mol. The molecule has 0 spiro atoms. The quantitative estimate of drug-likeness (QED) is 0.847. The summed E-state index contributed by atoms with van der Waals surface area (Å²) >= 11 is 0. The summed E-state index contributed by atoms with van der Waals surface area (Å²) in [7, 11) is 0. The minimum Gasteiger partial charge on any atom is -0.472 e. The highest BCUT2D eigenvalue weighted by Gasteiger charge is 2.23. The molecule has 0 aromatic carbocycles. The third-order valence-corrected chi connectivity index (χ3v) is 3.93. The lowest BCUT2D eigenvalue weighted by atomic mass is 10.2. The molecule has 0 atom stereocenters. The van der Waals surface area contributed by atoms with Crippen LogP contribution < -0.4 is 4.74 Å². The van der Waals surface area contributed by atoms with E-state index in [0.29, 0.717) is 24.5 Å². The number of aromatic nitrogens is 2. The Kier molecular flexibility index (Phi) is 5.03. The Morgan fingerprint density at radius 3 is 2.52 bits per heavy atom. The van der Waals surface area contributed by atoms with E-state index in [4.69, 9.17) is 9.26 Å². The molecule has 1 aliphatic rings. The molecule has 3 rings (SSSR count). The number of amides is 1. The van der Waals surface area contributed by atoms with E-state index in [-0.39, 0.29) is 11.5 Å². The number of piperazine rings is 1. The van der Waals surface area contributed by atoms with E-state index in [2.05, 4.69) is 15.0 Å². The van der Waals surface area contributed by atoms with Crippen molar-refractivity contribution in [2.24, 2.45) is 0 Å². The SMILES string of the molecule is CC(C)(C)Oc1ccc(C(=O)N2CCN(Cc3ccon3)CC2)cn1.